The number of hydrogen-bond acceptors (Lipinski definition) is 5. The van der Waals surface area contributed by atoms with Crippen LogP contribution in [0.4, 0.5) is 5.95 Å². The molecule has 0 spiro atoms. The Bertz CT molecular complexity index is 559. The Balaban J connectivity index is 1.75. The molecule has 2 aromatic rings. The number of aromatic nitrogens is 3. The predicted octanol–water partition coefficient (Wildman–Crippen LogP) is 2.28. The van der Waals surface area contributed by atoms with Crippen LogP contribution in [0.15, 0.2) is 11.4 Å². The van der Waals surface area contributed by atoms with E-state index in [2.05, 4.69) is 43.8 Å². The molecule has 1 saturated heterocycles. The van der Waals surface area contributed by atoms with E-state index in [0.717, 1.165) is 31.4 Å². The molecule has 20 heavy (non-hydrogen) atoms. The number of piperidine rings is 1. The molecule has 1 aliphatic heterocycles. The highest BCUT2D eigenvalue weighted by Gasteiger charge is 2.22. The topological polar surface area (TPSA) is 56.8 Å². The Morgan fingerprint density at radius 2 is 2.45 bits per heavy atom. The molecular formula is C14H21N5S. The number of anilines is 1. The Morgan fingerprint density at radius 1 is 1.55 bits per heavy atom. The molecule has 6 heteroatoms. The monoisotopic (exact) mass is 291 g/mol. The van der Waals surface area contributed by atoms with Gasteiger partial charge in [0, 0.05) is 13.1 Å². The second-order valence-corrected chi connectivity index (χ2v) is 6.34. The van der Waals surface area contributed by atoms with Crippen molar-refractivity contribution in [2.75, 3.05) is 31.6 Å². The Kier molecular flexibility index (Phi) is 4.03. The van der Waals surface area contributed by atoms with Gasteiger partial charge in [-0.3, -0.25) is 5.10 Å². The summed E-state index contributed by atoms with van der Waals surface area (Å²) in [4.78, 5) is 8.17. The van der Waals surface area contributed by atoms with E-state index in [1.807, 2.05) is 7.05 Å². The van der Waals surface area contributed by atoms with Crippen molar-refractivity contribution in [2.45, 2.75) is 19.8 Å². The van der Waals surface area contributed by atoms with E-state index in [4.69, 9.17) is 0 Å². The number of aryl methyl sites for hydroxylation is 1. The highest BCUT2D eigenvalue weighted by molar-refractivity contribution is 7.13. The van der Waals surface area contributed by atoms with Crippen LogP contribution in [0, 0.1) is 12.8 Å². The molecule has 0 saturated carbocycles. The molecule has 3 rings (SSSR count). The highest BCUT2D eigenvalue weighted by Crippen LogP contribution is 2.28. The lowest BCUT2D eigenvalue weighted by Crippen LogP contribution is -2.39. The van der Waals surface area contributed by atoms with Crippen molar-refractivity contribution < 1.29 is 0 Å². The van der Waals surface area contributed by atoms with Crippen LogP contribution in [-0.2, 0) is 0 Å². The molecule has 1 unspecified atom stereocenters. The van der Waals surface area contributed by atoms with E-state index >= 15 is 0 Å². The van der Waals surface area contributed by atoms with Gasteiger partial charge in [0.05, 0.1) is 4.88 Å². The number of hydrogen-bond donors (Lipinski definition) is 2. The van der Waals surface area contributed by atoms with Crippen LogP contribution in [0.5, 0.6) is 0 Å². The van der Waals surface area contributed by atoms with E-state index in [1.54, 1.807) is 11.3 Å². The number of thiophene rings is 1. The maximum absolute atomic E-state index is 4.68. The zero-order valence-corrected chi connectivity index (χ0v) is 12.8. The van der Waals surface area contributed by atoms with Crippen LogP contribution in [0.3, 0.4) is 0 Å². The zero-order valence-electron chi connectivity index (χ0n) is 12.0. The molecule has 2 aromatic heterocycles. The maximum Gasteiger partial charge on any atom is 0.245 e. The van der Waals surface area contributed by atoms with Crippen LogP contribution >= 0.6 is 11.3 Å². The average Bonchev–Trinajstić information content (AvgIpc) is 3.08. The molecule has 1 aliphatic rings. The summed E-state index contributed by atoms with van der Waals surface area (Å²) in [5, 5.41) is 12.9. The molecule has 0 aromatic carbocycles. The van der Waals surface area contributed by atoms with Gasteiger partial charge in [-0.1, -0.05) is 0 Å². The van der Waals surface area contributed by atoms with E-state index in [1.165, 1.54) is 23.3 Å². The number of rotatable bonds is 4. The second-order valence-electron chi connectivity index (χ2n) is 5.43. The standard InChI is InChI=1S/C14H21N5S/c1-10-5-7-20-12(10)13-16-14(18-17-13)19-6-3-4-11(9-19)8-15-2/h5,7,11,15H,3-4,6,8-9H2,1-2H3,(H,16,17,18). The molecule has 0 amide bonds. The van der Waals surface area contributed by atoms with Gasteiger partial charge in [-0.2, -0.15) is 4.98 Å². The number of nitrogens with zero attached hydrogens (tertiary/aromatic N) is 3. The van der Waals surface area contributed by atoms with Crippen molar-refractivity contribution >= 4 is 17.3 Å². The van der Waals surface area contributed by atoms with Gasteiger partial charge in [0.15, 0.2) is 5.82 Å². The van der Waals surface area contributed by atoms with Crippen LogP contribution in [0.25, 0.3) is 10.7 Å². The number of nitrogens with one attached hydrogen (secondary N) is 2. The number of H-pyrrole nitrogens is 1. The largest absolute Gasteiger partial charge is 0.339 e. The van der Waals surface area contributed by atoms with Crippen molar-refractivity contribution in [3.8, 4) is 10.7 Å². The van der Waals surface area contributed by atoms with E-state index in [-0.39, 0.29) is 0 Å². The van der Waals surface area contributed by atoms with Crippen molar-refractivity contribution in [3.63, 3.8) is 0 Å². The summed E-state index contributed by atoms with van der Waals surface area (Å²) in [5.74, 6) is 2.43. The van der Waals surface area contributed by atoms with Crippen molar-refractivity contribution in [1.29, 1.82) is 0 Å². The van der Waals surface area contributed by atoms with Crippen LogP contribution in [-0.4, -0.2) is 41.9 Å². The van der Waals surface area contributed by atoms with Gasteiger partial charge < -0.3 is 10.2 Å². The Hall–Kier alpha value is -1.40. The third-order valence-electron chi connectivity index (χ3n) is 3.85. The summed E-state index contributed by atoms with van der Waals surface area (Å²) in [6.07, 6.45) is 2.51. The lowest BCUT2D eigenvalue weighted by atomic mass is 9.98. The fourth-order valence-electron chi connectivity index (χ4n) is 2.81. The van der Waals surface area contributed by atoms with Gasteiger partial charge in [-0.05, 0) is 56.3 Å². The van der Waals surface area contributed by atoms with Crippen LogP contribution in [0.2, 0.25) is 0 Å². The molecule has 0 bridgehead atoms. The van der Waals surface area contributed by atoms with Gasteiger partial charge in [-0.25, -0.2) is 0 Å². The molecule has 1 fully saturated rings. The lowest BCUT2D eigenvalue weighted by Gasteiger charge is -2.31. The minimum absolute atomic E-state index is 0.694. The molecule has 0 radical (unpaired) electrons. The third kappa shape index (κ3) is 2.71. The van der Waals surface area contributed by atoms with Gasteiger partial charge >= 0.3 is 0 Å². The highest BCUT2D eigenvalue weighted by atomic mass is 32.1. The van der Waals surface area contributed by atoms with Gasteiger partial charge in [0.2, 0.25) is 5.95 Å². The van der Waals surface area contributed by atoms with Crippen molar-refractivity contribution in [3.05, 3.63) is 17.0 Å². The Morgan fingerprint density at radius 3 is 3.20 bits per heavy atom. The van der Waals surface area contributed by atoms with Crippen LogP contribution < -0.4 is 10.2 Å². The summed E-state index contributed by atoms with van der Waals surface area (Å²) in [7, 11) is 2.02. The van der Waals surface area contributed by atoms with E-state index in [9.17, 15) is 0 Å². The van der Waals surface area contributed by atoms with E-state index in [0.29, 0.717) is 5.92 Å². The lowest BCUT2D eigenvalue weighted by molar-refractivity contribution is 0.399. The summed E-state index contributed by atoms with van der Waals surface area (Å²) >= 11 is 1.71. The van der Waals surface area contributed by atoms with Gasteiger partial charge in [-0.15, -0.1) is 16.4 Å². The van der Waals surface area contributed by atoms with Crippen molar-refractivity contribution in [1.82, 2.24) is 20.5 Å². The van der Waals surface area contributed by atoms with Gasteiger partial charge in [0.1, 0.15) is 0 Å². The van der Waals surface area contributed by atoms with Crippen molar-refractivity contribution in [2.24, 2.45) is 5.92 Å². The first-order chi connectivity index (χ1) is 9.78. The summed E-state index contributed by atoms with van der Waals surface area (Å²) in [6, 6.07) is 2.12. The second kappa shape index (κ2) is 5.93. The molecule has 1 atom stereocenters. The SMILES string of the molecule is CNCC1CCCN(c2n[nH]c(-c3sccc3C)n2)C1. The zero-order chi connectivity index (χ0) is 13.9. The molecule has 3 heterocycles. The molecular weight excluding hydrogens is 270 g/mol. The fourth-order valence-corrected chi connectivity index (χ4v) is 3.68. The van der Waals surface area contributed by atoms with Gasteiger partial charge in [0.25, 0.3) is 0 Å². The average molecular weight is 291 g/mol. The first-order valence-electron chi connectivity index (χ1n) is 7.14. The third-order valence-corrected chi connectivity index (χ3v) is 4.87. The number of aromatic amines is 1. The fraction of sp³-hybridized carbons (Fsp3) is 0.571. The maximum atomic E-state index is 4.68. The predicted molar refractivity (Wildman–Crippen MR) is 83.3 cm³/mol. The smallest absolute Gasteiger partial charge is 0.245 e. The minimum Gasteiger partial charge on any atom is -0.339 e. The molecule has 5 nitrogen and oxygen atoms in total. The first-order valence-corrected chi connectivity index (χ1v) is 8.02. The Labute approximate surface area is 123 Å². The summed E-state index contributed by atoms with van der Waals surface area (Å²) < 4.78 is 0. The molecule has 108 valence electrons. The normalized spacial score (nSPS) is 19.5. The summed E-state index contributed by atoms with van der Waals surface area (Å²) in [5.41, 5.74) is 1.25. The van der Waals surface area contributed by atoms with E-state index < -0.39 is 0 Å². The first kappa shape index (κ1) is 13.6. The molecule has 0 aliphatic carbocycles. The minimum atomic E-state index is 0.694. The quantitative estimate of drug-likeness (QED) is 0.907. The summed E-state index contributed by atoms with van der Waals surface area (Å²) in [6.45, 7) is 5.28. The van der Waals surface area contributed by atoms with Crippen LogP contribution in [0.1, 0.15) is 18.4 Å². The molecule has 2 N–H and O–H groups in total.